The summed E-state index contributed by atoms with van der Waals surface area (Å²) in [6, 6.07) is 6.40. The normalized spacial score (nSPS) is 16.7. The minimum Gasteiger partial charge on any atom is -0.294 e. The average Bonchev–Trinajstić information content (AvgIpc) is 3.00. The van der Waals surface area contributed by atoms with Gasteiger partial charge in [-0.3, -0.25) is 14.9 Å². The summed E-state index contributed by atoms with van der Waals surface area (Å²) in [7, 11) is 0. The number of benzene rings is 1. The first-order valence-electron chi connectivity index (χ1n) is 8.15. The maximum absolute atomic E-state index is 12.2. The predicted molar refractivity (Wildman–Crippen MR) is 95.3 cm³/mol. The van der Waals surface area contributed by atoms with E-state index in [0.29, 0.717) is 34.6 Å². The number of carbonyl (C=O) groups is 1. The average molecular weight is 369 g/mol. The zero-order valence-electron chi connectivity index (χ0n) is 14.0. The van der Waals surface area contributed by atoms with Gasteiger partial charge in [0.05, 0.1) is 16.2 Å². The molecule has 1 aromatic carbocycles. The molecule has 4 rings (SSSR count). The number of non-ortho nitro benzene ring substituents is 1. The molecule has 1 atom stereocenters. The lowest BCUT2D eigenvalue weighted by Crippen LogP contribution is -2.20. The van der Waals surface area contributed by atoms with E-state index in [2.05, 4.69) is 15.1 Å². The molecule has 0 fully saturated rings. The number of fused-ring (bicyclic) bond motifs is 2. The highest BCUT2D eigenvalue weighted by molar-refractivity contribution is 7.98. The van der Waals surface area contributed by atoms with Gasteiger partial charge in [-0.15, -0.1) is 5.10 Å². The Labute approximate surface area is 152 Å². The Balaban J connectivity index is 1.54. The number of hydrogen-bond acceptors (Lipinski definition) is 7. The van der Waals surface area contributed by atoms with Crippen LogP contribution in [0.4, 0.5) is 5.69 Å². The number of carbonyl (C=O) groups excluding carboxylic acids is 1. The van der Waals surface area contributed by atoms with Gasteiger partial charge in [-0.1, -0.05) is 30.8 Å². The summed E-state index contributed by atoms with van der Waals surface area (Å²) in [6.07, 6.45) is 3.03. The predicted octanol–water partition coefficient (Wildman–Crippen LogP) is 3.09. The molecule has 2 heterocycles. The number of hydrogen-bond donors (Lipinski definition) is 0. The number of rotatable bonds is 4. The van der Waals surface area contributed by atoms with Gasteiger partial charge in [-0.05, 0) is 17.9 Å². The van der Waals surface area contributed by atoms with Crippen molar-refractivity contribution < 1.29 is 9.72 Å². The second-order valence-electron chi connectivity index (χ2n) is 6.39. The minimum atomic E-state index is -0.420. The molecule has 0 saturated carbocycles. The van der Waals surface area contributed by atoms with E-state index in [-0.39, 0.29) is 11.5 Å². The molecule has 0 aliphatic heterocycles. The van der Waals surface area contributed by atoms with Gasteiger partial charge < -0.3 is 0 Å². The number of thioether (sulfide) groups is 1. The van der Waals surface area contributed by atoms with E-state index >= 15 is 0 Å². The summed E-state index contributed by atoms with van der Waals surface area (Å²) >= 11 is 1.42. The zero-order chi connectivity index (χ0) is 18.3. The van der Waals surface area contributed by atoms with Crippen LogP contribution in [0.15, 0.2) is 35.6 Å². The van der Waals surface area contributed by atoms with Gasteiger partial charge in [0.1, 0.15) is 0 Å². The van der Waals surface area contributed by atoms with Crippen LogP contribution in [-0.2, 0) is 12.2 Å². The van der Waals surface area contributed by atoms with Crippen LogP contribution in [0, 0.1) is 16.0 Å². The third-order valence-corrected chi connectivity index (χ3v) is 5.19. The van der Waals surface area contributed by atoms with E-state index < -0.39 is 4.92 Å². The van der Waals surface area contributed by atoms with Crippen LogP contribution in [0.1, 0.15) is 35.0 Å². The van der Waals surface area contributed by atoms with Crippen LogP contribution in [-0.4, -0.2) is 30.3 Å². The van der Waals surface area contributed by atoms with Crippen molar-refractivity contribution in [2.75, 3.05) is 0 Å². The molecule has 0 amide bonds. The van der Waals surface area contributed by atoms with Crippen molar-refractivity contribution in [3.05, 3.63) is 57.4 Å². The van der Waals surface area contributed by atoms with Gasteiger partial charge in [0.2, 0.25) is 5.16 Å². The molecule has 2 aromatic heterocycles. The summed E-state index contributed by atoms with van der Waals surface area (Å²) < 4.78 is 1.55. The van der Waals surface area contributed by atoms with Crippen molar-refractivity contribution in [3.63, 3.8) is 0 Å². The molecular formula is C17H15N5O3S. The summed E-state index contributed by atoms with van der Waals surface area (Å²) in [5, 5.41) is 15.6. The van der Waals surface area contributed by atoms with Crippen LogP contribution < -0.4 is 0 Å². The molecule has 0 unspecified atom stereocenters. The Morgan fingerprint density at radius 3 is 2.77 bits per heavy atom. The topological polar surface area (TPSA) is 103 Å². The second-order valence-corrected chi connectivity index (χ2v) is 7.33. The van der Waals surface area contributed by atoms with Crippen molar-refractivity contribution in [1.82, 2.24) is 19.6 Å². The quantitative estimate of drug-likeness (QED) is 0.395. The first-order chi connectivity index (χ1) is 12.5. The molecule has 0 spiro atoms. The van der Waals surface area contributed by atoms with Gasteiger partial charge in [-0.2, -0.15) is 4.98 Å². The molecule has 0 bridgehead atoms. The van der Waals surface area contributed by atoms with E-state index in [0.717, 1.165) is 17.7 Å². The largest absolute Gasteiger partial charge is 0.294 e. The number of ketones is 1. The van der Waals surface area contributed by atoms with Gasteiger partial charge in [0.15, 0.2) is 5.78 Å². The van der Waals surface area contributed by atoms with Crippen LogP contribution in [0.2, 0.25) is 0 Å². The number of Topliss-reactive ketones (excluding diaryl/α,β-unsaturated/α-hetero) is 1. The smallest absolute Gasteiger partial charge is 0.269 e. The maximum Gasteiger partial charge on any atom is 0.269 e. The Morgan fingerprint density at radius 1 is 1.27 bits per heavy atom. The summed E-state index contributed by atoms with van der Waals surface area (Å²) in [5.74, 6) is 1.47. The van der Waals surface area contributed by atoms with Crippen LogP contribution in [0.3, 0.4) is 0 Å². The number of aromatic nitrogens is 4. The van der Waals surface area contributed by atoms with Crippen molar-refractivity contribution in [3.8, 4) is 0 Å². The molecule has 1 aliphatic carbocycles. The van der Waals surface area contributed by atoms with Crippen LogP contribution in [0.25, 0.3) is 5.78 Å². The zero-order valence-corrected chi connectivity index (χ0v) is 14.8. The Hall–Kier alpha value is -2.81. The Bertz CT molecular complexity index is 1020. The SMILES string of the molecule is C[C@@H]1CC(=O)c2cn3nc(SCc4ccc([N+](=O)[O-])cc4)nc3nc2C1. The van der Waals surface area contributed by atoms with Crippen molar-refractivity contribution in [1.29, 1.82) is 0 Å². The van der Waals surface area contributed by atoms with Crippen molar-refractivity contribution >= 4 is 29.0 Å². The lowest BCUT2D eigenvalue weighted by molar-refractivity contribution is -0.384. The highest BCUT2D eigenvalue weighted by Gasteiger charge is 2.25. The fourth-order valence-electron chi connectivity index (χ4n) is 2.98. The third-order valence-electron chi connectivity index (χ3n) is 4.28. The maximum atomic E-state index is 12.2. The first-order valence-corrected chi connectivity index (χ1v) is 9.14. The van der Waals surface area contributed by atoms with Crippen LogP contribution in [0.5, 0.6) is 0 Å². The molecule has 1 aliphatic rings. The monoisotopic (exact) mass is 369 g/mol. The molecule has 0 N–H and O–H groups in total. The van der Waals surface area contributed by atoms with Crippen LogP contribution >= 0.6 is 11.8 Å². The number of nitrogens with zero attached hydrogens (tertiary/aromatic N) is 5. The first kappa shape index (κ1) is 16.6. The highest BCUT2D eigenvalue weighted by Crippen LogP contribution is 2.26. The summed E-state index contributed by atoms with van der Waals surface area (Å²) in [4.78, 5) is 31.4. The molecule has 26 heavy (non-hydrogen) atoms. The van der Waals surface area contributed by atoms with Gasteiger partial charge >= 0.3 is 0 Å². The molecular weight excluding hydrogens is 354 g/mol. The number of nitro benzene ring substituents is 1. The van der Waals surface area contributed by atoms with E-state index in [4.69, 9.17) is 0 Å². The molecule has 132 valence electrons. The van der Waals surface area contributed by atoms with Gasteiger partial charge in [0.25, 0.3) is 11.5 Å². The minimum absolute atomic E-state index is 0.0679. The molecule has 9 heteroatoms. The van der Waals surface area contributed by atoms with E-state index in [9.17, 15) is 14.9 Å². The lowest BCUT2D eigenvalue weighted by atomic mass is 9.88. The van der Waals surface area contributed by atoms with E-state index in [1.54, 1.807) is 22.8 Å². The third kappa shape index (κ3) is 3.17. The standard InChI is InChI=1S/C17H15N5O3S/c1-10-6-14-13(15(23)7-10)8-21-16(18-14)19-17(20-21)26-9-11-2-4-12(5-3-11)22(24)25/h2-5,8,10H,6-7,9H2,1H3/t10-/m0/s1. The lowest BCUT2D eigenvalue weighted by Gasteiger charge is -2.18. The molecule has 8 nitrogen and oxygen atoms in total. The van der Waals surface area contributed by atoms with Gasteiger partial charge in [0, 0.05) is 30.5 Å². The molecule has 0 saturated heterocycles. The summed E-state index contributed by atoms with van der Waals surface area (Å²) in [6.45, 7) is 2.04. The fourth-order valence-corrected chi connectivity index (χ4v) is 3.76. The van der Waals surface area contributed by atoms with Gasteiger partial charge in [-0.25, -0.2) is 9.50 Å². The van der Waals surface area contributed by atoms with Crippen molar-refractivity contribution in [2.24, 2.45) is 5.92 Å². The Kier molecular flexibility index (Phi) is 4.15. The second kappa shape index (κ2) is 6.49. The van der Waals surface area contributed by atoms with E-state index in [1.165, 1.54) is 23.9 Å². The fraction of sp³-hybridized carbons (Fsp3) is 0.294. The summed E-state index contributed by atoms with van der Waals surface area (Å²) in [5.41, 5.74) is 2.43. The Morgan fingerprint density at radius 2 is 2.04 bits per heavy atom. The van der Waals surface area contributed by atoms with Crippen molar-refractivity contribution in [2.45, 2.75) is 30.7 Å². The molecule has 3 aromatic rings. The molecule has 0 radical (unpaired) electrons. The number of nitro groups is 1. The van der Waals surface area contributed by atoms with E-state index in [1.807, 2.05) is 6.92 Å². The highest BCUT2D eigenvalue weighted by atomic mass is 32.2.